The van der Waals surface area contributed by atoms with Crippen molar-refractivity contribution in [3.05, 3.63) is 12.7 Å². The van der Waals surface area contributed by atoms with Gasteiger partial charge in [-0.3, -0.25) is 9.59 Å². The molecule has 0 bridgehead atoms. The molecule has 2 saturated heterocycles. The average Bonchev–Trinajstić information content (AvgIpc) is 2.88. The molecule has 2 aliphatic heterocycles. The SMILES string of the molecule is C=CCO[C@H]1O[C@H]2[C@H](OC[C@H]2OC(C)=O)[C@H]1NC(C)=O. The van der Waals surface area contributed by atoms with E-state index >= 15 is 0 Å². The molecule has 7 nitrogen and oxygen atoms in total. The van der Waals surface area contributed by atoms with Crippen molar-refractivity contribution in [2.75, 3.05) is 13.2 Å². The smallest absolute Gasteiger partial charge is 0.303 e. The van der Waals surface area contributed by atoms with Crippen LogP contribution in [0.5, 0.6) is 0 Å². The summed E-state index contributed by atoms with van der Waals surface area (Å²) in [6.45, 7) is 6.85. The van der Waals surface area contributed by atoms with Crippen molar-refractivity contribution in [1.82, 2.24) is 5.32 Å². The average molecular weight is 285 g/mol. The molecule has 2 fully saturated rings. The minimum atomic E-state index is -0.648. The number of nitrogens with one attached hydrogen (secondary N) is 1. The predicted octanol–water partition coefficient (Wildman–Crippen LogP) is -0.251. The van der Waals surface area contributed by atoms with Crippen molar-refractivity contribution in [2.24, 2.45) is 0 Å². The number of hydrogen-bond acceptors (Lipinski definition) is 6. The molecule has 112 valence electrons. The fraction of sp³-hybridized carbons (Fsp3) is 0.692. The zero-order valence-electron chi connectivity index (χ0n) is 11.5. The number of rotatable bonds is 5. The molecule has 20 heavy (non-hydrogen) atoms. The molecule has 0 aromatic carbocycles. The summed E-state index contributed by atoms with van der Waals surface area (Å²) < 4.78 is 22.0. The van der Waals surface area contributed by atoms with Crippen molar-refractivity contribution >= 4 is 11.9 Å². The Balaban J connectivity index is 2.06. The van der Waals surface area contributed by atoms with Gasteiger partial charge in [0.2, 0.25) is 5.91 Å². The van der Waals surface area contributed by atoms with Gasteiger partial charge >= 0.3 is 5.97 Å². The van der Waals surface area contributed by atoms with E-state index < -0.39 is 36.6 Å². The zero-order chi connectivity index (χ0) is 14.7. The molecule has 0 spiro atoms. The van der Waals surface area contributed by atoms with Gasteiger partial charge in [0.05, 0.1) is 13.2 Å². The highest BCUT2D eigenvalue weighted by Gasteiger charge is 2.54. The number of carbonyl (C=O) groups excluding carboxylic acids is 2. The highest BCUT2D eigenvalue weighted by molar-refractivity contribution is 5.73. The fourth-order valence-corrected chi connectivity index (χ4v) is 2.48. The van der Waals surface area contributed by atoms with Crippen LogP contribution in [0, 0.1) is 0 Å². The quantitative estimate of drug-likeness (QED) is 0.554. The second-order valence-electron chi connectivity index (χ2n) is 4.76. The molecular formula is C13H19NO6. The maximum Gasteiger partial charge on any atom is 0.303 e. The summed E-state index contributed by atoms with van der Waals surface area (Å²) >= 11 is 0. The molecule has 1 N–H and O–H groups in total. The first-order valence-electron chi connectivity index (χ1n) is 6.46. The Labute approximate surface area is 117 Å². The van der Waals surface area contributed by atoms with Crippen molar-refractivity contribution < 1.29 is 28.5 Å². The Morgan fingerprint density at radius 3 is 2.75 bits per heavy atom. The molecule has 0 radical (unpaired) electrons. The van der Waals surface area contributed by atoms with Gasteiger partial charge in [-0.2, -0.15) is 0 Å². The normalized spacial score (nSPS) is 35.4. The lowest BCUT2D eigenvalue weighted by Gasteiger charge is -2.22. The zero-order valence-corrected chi connectivity index (χ0v) is 11.5. The largest absolute Gasteiger partial charge is 0.457 e. The van der Waals surface area contributed by atoms with Crippen molar-refractivity contribution in [1.29, 1.82) is 0 Å². The van der Waals surface area contributed by atoms with Gasteiger partial charge in [0.1, 0.15) is 18.2 Å². The topological polar surface area (TPSA) is 83.1 Å². The van der Waals surface area contributed by atoms with Crippen LogP contribution in [0.25, 0.3) is 0 Å². The number of hydrogen-bond donors (Lipinski definition) is 1. The van der Waals surface area contributed by atoms with Gasteiger partial charge in [0.25, 0.3) is 0 Å². The first kappa shape index (κ1) is 15.0. The first-order valence-corrected chi connectivity index (χ1v) is 6.46. The molecule has 0 aliphatic carbocycles. The van der Waals surface area contributed by atoms with Gasteiger partial charge in [-0.25, -0.2) is 0 Å². The molecule has 2 heterocycles. The van der Waals surface area contributed by atoms with Crippen LogP contribution >= 0.6 is 0 Å². The molecule has 0 unspecified atom stereocenters. The lowest BCUT2D eigenvalue weighted by Crippen LogP contribution is -2.47. The van der Waals surface area contributed by atoms with E-state index in [1.54, 1.807) is 6.08 Å². The van der Waals surface area contributed by atoms with Crippen molar-refractivity contribution in [3.63, 3.8) is 0 Å². The van der Waals surface area contributed by atoms with Crippen LogP contribution in [0.4, 0.5) is 0 Å². The molecule has 2 aliphatic rings. The molecular weight excluding hydrogens is 266 g/mol. The van der Waals surface area contributed by atoms with Gasteiger partial charge in [0.15, 0.2) is 12.4 Å². The maximum absolute atomic E-state index is 11.3. The van der Waals surface area contributed by atoms with E-state index in [2.05, 4.69) is 11.9 Å². The van der Waals surface area contributed by atoms with E-state index in [4.69, 9.17) is 18.9 Å². The second kappa shape index (κ2) is 6.34. The summed E-state index contributed by atoms with van der Waals surface area (Å²) in [6, 6.07) is -0.432. The van der Waals surface area contributed by atoms with Crippen LogP contribution in [-0.2, 0) is 28.5 Å². The third-order valence-electron chi connectivity index (χ3n) is 3.15. The standard InChI is InChI=1S/C13H19NO6/c1-4-5-17-13-10(14-7(2)15)12-11(20-13)9(6-18-12)19-8(3)16/h4,9-13H,1,5-6H2,2-3H3,(H,14,15)/t9-,10-,11-,12-,13+/m1/s1. The van der Waals surface area contributed by atoms with E-state index in [0.29, 0.717) is 6.61 Å². The van der Waals surface area contributed by atoms with E-state index in [-0.39, 0.29) is 12.5 Å². The number of ether oxygens (including phenoxy) is 4. The van der Waals surface area contributed by atoms with Crippen LogP contribution < -0.4 is 5.32 Å². The summed E-state index contributed by atoms with van der Waals surface area (Å²) in [7, 11) is 0. The third kappa shape index (κ3) is 3.17. The van der Waals surface area contributed by atoms with Crippen LogP contribution in [0.3, 0.4) is 0 Å². The summed E-state index contributed by atoms with van der Waals surface area (Å²) in [5, 5.41) is 2.76. The highest BCUT2D eigenvalue weighted by atomic mass is 16.7. The molecule has 1 amide bonds. The van der Waals surface area contributed by atoms with E-state index in [9.17, 15) is 9.59 Å². The number of amides is 1. The number of fused-ring (bicyclic) bond motifs is 1. The van der Waals surface area contributed by atoms with E-state index in [1.807, 2.05) is 0 Å². The van der Waals surface area contributed by atoms with Gasteiger partial charge < -0.3 is 24.3 Å². The van der Waals surface area contributed by atoms with Gasteiger partial charge in [-0.15, -0.1) is 6.58 Å². The van der Waals surface area contributed by atoms with Gasteiger partial charge in [0, 0.05) is 13.8 Å². The van der Waals surface area contributed by atoms with Gasteiger partial charge in [-0.1, -0.05) is 6.08 Å². The maximum atomic E-state index is 11.3. The van der Waals surface area contributed by atoms with E-state index in [1.165, 1.54) is 13.8 Å². The Morgan fingerprint density at radius 2 is 2.15 bits per heavy atom. The molecule has 2 rings (SSSR count). The monoisotopic (exact) mass is 285 g/mol. The Morgan fingerprint density at radius 1 is 1.40 bits per heavy atom. The van der Waals surface area contributed by atoms with Crippen LogP contribution in [0.2, 0.25) is 0 Å². The first-order chi connectivity index (χ1) is 9.52. The van der Waals surface area contributed by atoms with Crippen LogP contribution in [0.15, 0.2) is 12.7 Å². The van der Waals surface area contributed by atoms with Crippen LogP contribution in [-0.4, -0.2) is 55.7 Å². The molecule has 0 saturated carbocycles. The molecule has 0 aromatic rings. The second-order valence-corrected chi connectivity index (χ2v) is 4.76. The summed E-state index contributed by atoms with van der Waals surface area (Å²) in [6.07, 6.45) is -0.368. The molecule has 7 heteroatoms. The minimum absolute atomic E-state index is 0.203. The highest BCUT2D eigenvalue weighted by Crippen LogP contribution is 2.33. The predicted molar refractivity (Wildman–Crippen MR) is 67.7 cm³/mol. The van der Waals surface area contributed by atoms with Crippen molar-refractivity contribution in [2.45, 2.75) is 44.5 Å². The molecule has 5 atom stereocenters. The Hall–Kier alpha value is -1.44. The van der Waals surface area contributed by atoms with E-state index in [0.717, 1.165) is 0 Å². The summed E-state index contributed by atoms with van der Waals surface area (Å²) in [5.74, 6) is -0.597. The fourth-order valence-electron chi connectivity index (χ4n) is 2.48. The number of esters is 1. The van der Waals surface area contributed by atoms with Crippen LogP contribution in [0.1, 0.15) is 13.8 Å². The Bertz CT molecular complexity index is 398. The minimum Gasteiger partial charge on any atom is -0.457 e. The van der Waals surface area contributed by atoms with Gasteiger partial charge in [-0.05, 0) is 0 Å². The van der Waals surface area contributed by atoms with Crippen molar-refractivity contribution in [3.8, 4) is 0 Å². The number of carbonyl (C=O) groups is 2. The summed E-state index contributed by atoms with van der Waals surface area (Å²) in [4.78, 5) is 22.3. The lowest BCUT2D eigenvalue weighted by molar-refractivity contribution is -0.171. The third-order valence-corrected chi connectivity index (χ3v) is 3.15. The Kier molecular flexibility index (Phi) is 4.74. The summed E-state index contributed by atoms with van der Waals surface area (Å²) in [5.41, 5.74) is 0. The molecule has 0 aromatic heterocycles. The lowest BCUT2D eigenvalue weighted by atomic mass is 10.1.